The van der Waals surface area contributed by atoms with Crippen LogP contribution in [0.4, 0.5) is 0 Å². The van der Waals surface area contributed by atoms with Gasteiger partial charge < -0.3 is 9.73 Å². The molecule has 5 aromatic heterocycles. The molecular weight excluding hydrogens is 518 g/mol. The van der Waals surface area contributed by atoms with Crippen LogP contribution >= 0.6 is 11.3 Å². The van der Waals surface area contributed by atoms with Crippen molar-refractivity contribution in [3.63, 3.8) is 0 Å². The average Bonchev–Trinajstić information content (AvgIpc) is 3.64. The van der Waals surface area contributed by atoms with E-state index in [1.807, 2.05) is 0 Å². The maximum atomic E-state index is 13.7. The number of pyridine rings is 1. The van der Waals surface area contributed by atoms with Crippen molar-refractivity contribution in [1.29, 1.82) is 0 Å². The minimum absolute atomic E-state index is 0.0148. The standard InChI is InChI=1S/C28H21N5O5S/c34-24(29-16-21-4-3-12-38-21)14-18-6-8-20(9-7-18)33-27(36)26-22(10-13-39-26)32(28(33)37)17-19-15-25(35)31-11-2-1-5-23(31)30-19/h1-13,15H,14,16-17H2,(H,29,34). The Morgan fingerprint density at radius 1 is 1.00 bits per heavy atom. The van der Waals surface area contributed by atoms with Crippen molar-refractivity contribution in [1.82, 2.24) is 23.8 Å². The second kappa shape index (κ2) is 10.0. The average molecular weight is 540 g/mol. The molecule has 194 valence electrons. The third-order valence-corrected chi connectivity index (χ3v) is 7.19. The van der Waals surface area contributed by atoms with Crippen molar-refractivity contribution in [3.05, 3.63) is 133 Å². The van der Waals surface area contributed by atoms with Crippen LogP contribution in [0.25, 0.3) is 21.6 Å². The molecule has 5 heterocycles. The lowest BCUT2D eigenvalue weighted by atomic mass is 10.1. The van der Waals surface area contributed by atoms with E-state index in [4.69, 9.17) is 4.42 Å². The van der Waals surface area contributed by atoms with Crippen LogP contribution in [0.15, 0.2) is 103 Å². The van der Waals surface area contributed by atoms with Gasteiger partial charge in [0.05, 0.1) is 42.7 Å². The number of nitrogens with zero attached hydrogens (tertiary/aromatic N) is 4. The van der Waals surface area contributed by atoms with Gasteiger partial charge in [0, 0.05) is 12.3 Å². The highest BCUT2D eigenvalue weighted by atomic mass is 32.1. The fourth-order valence-electron chi connectivity index (χ4n) is 4.42. The van der Waals surface area contributed by atoms with E-state index in [2.05, 4.69) is 10.3 Å². The molecule has 0 unspecified atom stereocenters. The Hall–Kier alpha value is -5.03. The smallest absolute Gasteiger partial charge is 0.336 e. The molecule has 39 heavy (non-hydrogen) atoms. The Labute approximate surface area is 224 Å². The number of amides is 1. The predicted molar refractivity (Wildman–Crippen MR) is 147 cm³/mol. The molecule has 0 fully saturated rings. The van der Waals surface area contributed by atoms with Crippen molar-refractivity contribution >= 4 is 33.1 Å². The zero-order valence-corrected chi connectivity index (χ0v) is 21.3. The molecule has 1 amide bonds. The monoisotopic (exact) mass is 539 g/mol. The number of benzene rings is 1. The van der Waals surface area contributed by atoms with Gasteiger partial charge in [0.1, 0.15) is 16.1 Å². The summed E-state index contributed by atoms with van der Waals surface area (Å²) in [5.41, 5.74) is 1.20. The van der Waals surface area contributed by atoms with E-state index in [0.717, 1.165) is 10.1 Å². The SMILES string of the molecule is O=C(Cc1ccc(-n2c(=O)c3sccc3n(Cc3cc(=O)n4ccccc4n3)c2=O)cc1)NCc1ccco1. The Kier molecular flexibility index (Phi) is 6.25. The molecule has 10 nitrogen and oxygen atoms in total. The van der Waals surface area contributed by atoms with E-state index in [1.54, 1.807) is 78.5 Å². The van der Waals surface area contributed by atoms with Gasteiger partial charge in [-0.05, 0) is 53.4 Å². The molecule has 11 heteroatoms. The van der Waals surface area contributed by atoms with Crippen molar-refractivity contribution in [3.8, 4) is 5.69 Å². The summed E-state index contributed by atoms with van der Waals surface area (Å²) in [5, 5.41) is 4.54. The molecule has 0 saturated heterocycles. The molecule has 0 bridgehead atoms. The van der Waals surface area contributed by atoms with Crippen LogP contribution < -0.4 is 22.1 Å². The van der Waals surface area contributed by atoms with E-state index < -0.39 is 11.2 Å². The minimum atomic E-state index is -0.551. The third kappa shape index (κ3) is 4.71. The lowest BCUT2D eigenvalue weighted by Gasteiger charge is -2.13. The largest absolute Gasteiger partial charge is 0.467 e. The lowest BCUT2D eigenvalue weighted by molar-refractivity contribution is -0.120. The summed E-state index contributed by atoms with van der Waals surface area (Å²) in [6.45, 7) is 0.305. The van der Waals surface area contributed by atoms with Gasteiger partial charge >= 0.3 is 5.69 Å². The number of hydrogen-bond donors (Lipinski definition) is 1. The van der Waals surface area contributed by atoms with Gasteiger partial charge in [-0.25, -0.2) is 14.3 Å². The van der Waals surface area contributed by atoms with Crippen LogP contribution in [0.3, 0.4) is 0 Å². The molecule has 6 rings (SSSR count). The number of carbonyl (C=O) groups excluding carboxylic acids is 1. The van der Waals surface area contributed by atoms with E-state index >= 15 is 0 Å². The Morgan fingerprint density at radius 2 is 1.85 bits per heavy atom. The maximum Gasteiger partial charge on any atom is 0.336 e. The topological polar surface area (TPSA) is 121 Å². The summed E-state index contributed by atoms with van der Waals surface area (Å²) < 4.78 is 9.61. The molecule has 1 N–H and O–H groups in total. The molecule has 1 aromatic carbocycles. The molecular formula is C28H21N5O5S. The summed E-state index contributed by atoms with van der Waals surface area (Å²) in [6, 6.07) is 18.6. The second-order valence-corrected chi connectivity index (χ2v) is 9.77. The summed E-state index contributed by atoms with van der Waals surface area (Å²) in [7, 11) is 0. The number of fused-ring (bicyclic) bond motifs is 2. The van der Waals surface area contributed by atoms with Gasteiger partial charge in [0.25, 0.3) is 11.1 Å². The molecule has 0 spiro atoms. The van der Waals surface area contributed by atoms with E-state index in [-0.39, 0.29) is 31.0 Å². The minimum Gasteiger partial charge on any atom is -0.467 e. The van der Waals surface area contributed by atoms with Crippen molar-refractivity contribution in [2.75, 3.05) is 0 Å². The summed E-state index contributed by atoms with van der Waals surface area (Å²) in [4.78, 5) is 56.4. The number of furan rings is 1. The van der Waals surface area contributed by atoms with Gasteiger partial charge in [-0.2, -0.15) is 0 Å². The number of carbonyl (C=O) groups is 1. The first-order chi connectivity index (χ1) is 19.0. The highest BCUT2D eigenvalue weighted by Crippen LogP contribution is 2.18. The highest BCUT2D eigenvalue weighted by Gasteiger charge is 2.17. The molecule has 0 radical (unpaired) electrons. The second-order valence-electron chi connectivity index (χ2n) is 8.86. The zero-order chi connectivity index (χ0) is 26.9. The Balaban J connectivity index is 1.32. The van der Waals surface area contributed by atoms with Crippen molar-refractivity contribution < 1.29 is 9.21 Å². The van der Waals surface area contributed by atoms with Crippen LogP contribution in [0.2, 0.25) is 0 Å². The third-order valence-electron chi connectivity index (χ3n) is 6.30. The highest BCUT2D eigenvalue weighted by molar-refractivity contribution is 7.17. The molecule has 6 aromatic rings. The number of rotatable bonds is 7. The number of thiophene rings is 1. The van der Waals surface area contributed by atoms with Gasteiger partial charge in [0.15, 0.2) is 0 Å². The molecule has 0 aliphatic rings. The Morgan fingerprint density at radius 3 is 2.64 bits per heavy atom. The number of nitrogens with one attached hydrogen (secondary N) is 1. The predicted octanol–water partition coefficient (Wildman–Crippen LogP) is 2.72. The summed E-state index contributed by atoms with van der Waals surface area (Å²) in [6.07, 6.45) is 3.31. The first-order valence-corrected chi connectivity index (χ1v) is 12.9. The number of hydrogen-bond acceptors (Lipinski definition) is 7. The first-order valence-electron chi connectivity index (χ1n) is 12.1. The van der Waals surface area contributed by atoms with Crippen LogP contribution in [0, 0.1) is 0 Å². The Bertz CT molecular complexity index is 2000. The normalized spacial score (nSPS) is 11.3. The molecule has 0 atom stereocenters. The fraction of sp³-hybridized carbons (Fsp3) is 0.107. The van der Waals surface area contributed by atoms with E-state index in [9.17, 15) is 19.2 Å². The zero-order valence-electron chi connectivity index (χ0n) is 20.4. The maximum absolute atomic E-state index is 13.7. The lowest BCUT2D eigenvalue weighted by Crippen LogP contribution is -2.39. The van der Waals surface area contributed by atoms with Crippen LogP contribution in [0.1, 0.15) is 17.0 Å². The first kappa shape index (κ1) is 24.3. The van der Waals surface area contributed by atoms with Crippen LogP contribution in [-0.4, -0.2) is 24.4 Å². The summed E-state index contributed by atoms with van der Waals surface area (Å²) >= 11 is 1.24. The number of aromatic nitrogens is 4. The fourth-order valence-corrected chi connectivity index (χ4v) is 5.25. The van der Waals surface area contributed by atoms with E-state index in [1.165, 1.54) is 26.4 Å². The molecule has 0 saturated carbocycles. The molecule has 0 aliphatic carbocycles. The summed E-state index contributed by atoms with van der Waals surface area (Å²) in [5.74, 6) is 0.472. The van der Waals surface area contributed by atoms with Gasteiger partial charge in [-0.15, -0.1) is 11.3 Å². The van der Waals surface area contributed by atoms with E-state index in [0.29, 0.717) is 33.0 Å². The van der Waals surface area contributed by atoms with Crippen molar-refractivity contribution in [2.45, 2.75) is 19.5 Å². The van der Waals surface area contributed by atoms with Crippen LogP contribution in [-0.2, 0) is 24.3 Å². The van der Waals surface area contributed by atoms with Gasteiger partial charge in [0.2, 0.25) is 5.91 Å². The van der Waals surface area contributed by atoms with Gasteiger partial charge in [-0.1, -0.05) is 18.2 Å². The quantitative estimate of drug-likeness (QED) is 0.333. The van der Waals surface area contributed by atoms with Crippen molar-refractivity contribution in [2.24, 2.45) is 0 Å². The van der Waals surface area contributed by atoms with Crippen LogP contribution in [0.5, 0.6) is 0 Å². The van der Waals surface area contributed by atoms with Gasteiger partial charge in [-0.3, -0.25) is 23.4 Å². The molecule has 0 aliphatic heterocycles.